The van der Waals surface area contributed by atoms with Crippen LogP contribution in [0.5, 0.6) is 0 Å². The number of hydrogen-bond donors (Lipinski definition) is 3. The van der Waals surface area contributed by atoms with Crippen LogP contribution in [0.1, 0.15) is 29.1 Å². The molecular weight excluding hydrogens is 256 g/mol. The van der Waals surface area contributed by atoms with Crippen molar-refractivity contribution in [2.75, 3.05) is 5.73 Å². The SMILES string of the molecule is CC(NC(=O)c1cc(Cl)ncc1N)c1ncn[nH]1. The summed E-state index contributed by atoms with van der Waals surface area (Å²) in [6, 6.07) is 1.10. The van der Waals surface area contributed by atoms with Crippen LogP contribution in [0.4, 0.5) is 5.69 Å². The standard InChI is InChI=1S/C10H11ClN6O/c1-5(9-14-4-15-17-9)16-10(18)6-2-8(11)13-3-7(6)12/h2-5H,12H2,1H3,(H,16,18)(H,14,15,17). The highest BCUT2D eigenvalue weighted by Crippen LogP contribution is 2.16. The second-order valence-electron chi connectivity index (χ2n) is 3.66. The van der Waals surface area contributed by atoms with Gasteiger partial charge in [0, 0.05) is 0 Å². The number of H-pyrrole nitrogens is 1. The number of aromatic amines is 1. The Labute approximate surface area is 108 Å². The fourth-order valence-corrected chi connectivity index (χ4v) is 1.56. The van der Waals surface area contributed by atoms with Gasteiger partial charge in [-0.3, -0.25) is 9.89 Å². The maximum Gasteiger partial charge on any atom is 0.254 e. The summed E-state index contributed by atoms with van der Waals surface area (Å²) in [5.74, 6) is 0.211. The molecule has 0 saturated heterocycles. The molecule has 0 aromatic carbocycles. The second-order valence-corrected chi connectivity index (χ2v) is 4.05. The summed E-state index contributed by atoms with van der Waals surface area (Å²) in [5, 5.41) is 9.32. The third kappa shape index (κ3) is 2.57. The molecule has 1 atom stereocenters. The van der Waals surface area contributed by atoms with Gasteiger partial charge in [0.15, 0.2) is 0 Å². The minimum Gasteiger partial charge on any atom is -0.397 e. The number of aromatic nitrogens is 4. The van der Waals surface area contributed by atoms with Gasteiger partial charge in [0.25, 0.3) is 5.91 Å². The number of carbonyl (C=O) groups is 1. The first-order chi connectivity index (χ1) is 8.58. The Kier molecular flexibility index (Phi) is 3.42. The van der Waals surface area contributed by atoms with Crippen molar-refractivity contribution < 1.29 is 4.79 Å². The van der Waals surface area contributed by atoms with E-state index in [1.807, 2.05) is 0 Å². The lowest BCUT2D eigenvalue weighted by Gasteiger charge is -2.12. The molecule has 18 heavy (non-hydrogen) atoms. The summed E-state index contributed by atoms with van der Waals surface area (Å²) in [6.07, 6.45) is 2.71. The van der Waals surface area contributed by atoms with Crippen LogP contribution in [-0.4, -0.2) is 26.1 Å². The normalized spacial score (nSPS) is 12.1. The van der Waals surface area contributed by atoms with Gasteiger partial charge in [0.05, 0.1) is 23.5 Å². The second kappa shape index (κ2) is 5.01. The predicted molar refractivity (Wildman–Crippen MR) is 65.9 cm³/mol. The van der Waals surface area contributed by atoms with Gasteiger partial charge in [-0.2, -0.15) is 5.10 Å². The first-order valence-electron chi connectivity index (χ1n) is 5.15. The average molecular weight is 267 g/mol. The van der Waals surface area contributed by atoms with E-state index in [2.05, 4.69) is 25.5 Å². The fraction of sp³-hybridized carbons (Fsp3) is 0.200. The number of nitrogens with zero attached hydrogens (tertiary/aromatic N) is 3. The molecule has 0 saturated carbocycles. The zero-order valence-electron chi connectivity index (χ0n) is 9.51. The van der Waals surface area contributed by atoms with Gasteiger partial charge in [-0.15, -0.1) is 0 Å². The van der Waals surface area contributed by atoms with Gasteiger partial charge in [0.1, 0.15) is 17.3 Å². The van der Waals surface area contributed by atoms with Crippen LogP contribution >= 0.6 is 11.6 Å². The third-order valence-corrected chi connectivity index (χ3v) is 2.54. The highest BCUT2D eigenvalue weighted by atomic mass is 35.5. The van der Waals surface area contributed by atoms with Crippen molar-refractivity contribution in [1.29, 1.82) is 0 Å². The van der Waals surface area contributed by atoms with Crippen LogP contribution in [0, 0.1) is 0 Å². The number of hydrogen-bond acceptors (Lipinski definition) is 5. The van der Waals surface area contributed by atoms with E-state index in [4.69, 9.17) is 17.3 Å². The van der Waals surface area contributed by atoms with Crippen LogP contribution in [0.2, 0.25) is 5.15 Å². The Morgan fingerprint density at radius 1 is 1.56 bits per heavy atom. The monoisotopic (exact) mass is 266 g/mol. The number of anilines is 1. The summed E-state index contributed by atoms with van der Waals surface area (Å²) < 4.78 is 0. The zero-order chi connectivity index (χ0) is 13.1. The van der Waals surface area contributed by atoms with E-state index in [9.17, 15) is 4.79 Å². The van der Waals surface area contributed by atoms with Gasteiger partial charge >= 0.3 is 0 Å². The lowest BCUT2D eigenvalue weighted by Crippen LogP contribution is -2.28. The average Bonchev–Trinajstić information content (AvgIpc) is 2.85. The lowest BCUT2D eigenvalue weighted by molar-refractivity contribution is 0.0939. The van der Waals surface area contributed by atoms with E-state index >= 15 is 0 Å². The van der Waals surface area contributed by atoms with Gasteiger partial charge in [0.2, 0.25) is 0 Å². The molecule has 4 N–H and O–H groups in total. The van der Waals surface area contributed by atoms with Gasteiger partial charge < -0.3 is 11.1 Å². The molecule has 7 nitrogen and oxygen atoms in total. The van der Waals surface area contributed by atoms with E-state index in [0.717, 1.165) is 0 Å². The summed E-state index contributed by atoms with van der Waals surface area (Å²) >= 11 is 5.72. The Hall–Kier alpha value is -2.15. The molecule has 0 radical (unpaired) electrons. The number of halogens is 1. The lowest BCUT2D eigenvalue weighted by atomic mass is 10.2. The van der Waals surface area contributed by atoms with E-state index in [0.29, 0.717) is 5.82 Å². The molecule has 0 aliphatic rings. The first-order valence-corrected chi connectivity index (χ1v) is 5.53. The molecule has 2 aromatic rings. The van der Waals surface area contributed by atoms with Crippen LogP contribution in [-0.2, 0) is 0 Å². The maximum atomic E-state index is 12.0. The van der Waals surface area contributed by atoms with Crippen LogP contribution in [0.15, 0.2) is 18.6 Å². The number of nitrogens with two attached hydrogens (primary N) is 1. The van der Waals surface area contributed by atoms with Crippen molar-refractivity contribution in [2.24, 2.45) is 0 Å². The molecule has 2 aromatic heterocycles. The highest BCUT2D eigenvalue weighted by molar-refractivity contribution is 6.29. The van der Waals surface area contributed by atoms with Gasteiger partial charge in [-0.25, -0.2) is 9.97 Å². The smallest absolute Gasteiger partial charge is 0.254 e. The van der Waals surface area contributed by atoms with E-state index < -0.39 is 0 Å². The molecule has 0 aliphatic heterocycles. The minimum atomic E-state index is -0.347. The number of rotatable bonds is 3. The molecule has 0 fully saturated rings. The summed E-state index contributed by atoms with van der Waals surface area (Å²) in [4.78, 5) is 19.7. The number of amides is 1. The number of nitrogen functional groups attached to an aromatic ring is 1. The molecule has 0 aliphatic carbocycles. The number of pyridine rings is 1. The number of nitrogens with one attached hydrogen (secondary N) is 2. The quantitative estimate of drug-likeness (QED) is 0.716. The van der Waals surface area contributed by atoms with Crippen LogP contribution in [0.25, 0.3) is 0 Å². The summed E-state index contributed by atoms with van der Waals surface area (Å²) in [7, 11) is 0. The van der Waals surface area contributed by atoms with Crippen molar-refractivity contribution in [3.05, 3.63) is 35.1 Å². The summed E-state index contributed by atoms with van der Waals surface area (Å²) in [6.45, 7) is 1.78. The zero-order valence-corrected chi connectivity index (χ0v) is 10.3. The molecule has 2 heterocycles. The van der Waals surface area contributed by atoms with Crippen molar-refractivity contribution in [3.8, 4) is 0 Å². The Morgan fingerprint density at radius 2 is 2.33 bits per heavy atom. The fourth-order valence-electron chi connectivity index (χ4n) is 1.40. The van der Waals surface area contributed by atoms with Crippen LogP contribution < -0.4 is 11.1 Å². The molecule has 0 bridgehead atoms. The molecule has 0 spiro atoms. The molecule has 94 valence electrons. The maximum absolute atomic E-state index is 12.0. The van der Waals surface area contributed by atoms with Gasteiger partial charge in [-0.1, -0.05) is 11.6 Å². The van der Waals surface area contributed by atoms with E-state index in [1.165, 1.54) is 18.6 Å². The first kappa shape index (κ1) is 12.3. The van der Waals surface area contributed by atoms with Crippen molar-refractivity contribution in [1.82, 2.24) is 25.5 Å². The van der Waals surface area contributed by atoms with Crippen molar-refractivity contribution in [3.63, 3.8) is 0 Å². The Bertz CT molecular complexity index is 556. The molecule has 1 unspecified atom stereocenters. The van der Waals surface area contributed by atoms with Crippen LogP contribution in [0.3, 0.4) is 0 Å². The summed E-state index contributed by atoms with van der Waals surface area (Å²) in [5.41, 5.74) is 6.21. The molecular formula is C10H11ClN6O. The highest BCUT2D eigenvalue weighted by Gasteiger charge is 2.16. The minimum absolute atomic E-state index is 0.210. The molecule has 1 amide bonds. The molecule has 2 rings (SSSR count). The van der Waals surface area contributed by atoms with Crippen molar-refractivity contribution >= 4 is 23.2 Å². The third-order valence-electron chi connectivity index (χ3n) is 2.34. The number of carbonyl (C=O) groups excluding carboxylic acids is 1. The Morgan fingerprint density at radius 3 is 3.00 bits per heavy atom. The van der Waals surface area contributed by atoms with Gasteiger partial charge in [-0.05, 0) is 13.0 Å². The topological polar surface area (TPSA) is 110 Å². The molecule has 8 heteroatoms. The predicted octanol–water partition coefficient (Wildman–Crippen LogP) is 0.926. The van der Waals surface area contributed by atoms with E-state index in [-0.39, 0.29) is 28.4 Å². The van der Waals surface area contributed by atoms with E-state index in [1.54, 1.807) is 6.92 Å². The Balaban J connectivity index is 2.15. The van der Waals surface area contributed by atoms with Crippen molar-refractivity contribution in [2.45, 2.75) is 13.0 Å². The largest absolute Gasteiger partial charge is 0.397 e.